The minimum atomic E-state index is -4.03. The zero-order valence-electron chi connectivity index (χ0n) is 10.6. The van der Waals surface area contributed by atoms with Crippen LogP contribution >= 0.6 is 0 Å². The molecule has 21 heavy (non-hydrogen) atoms. The van der Waals surface area contributed by atoms with E-state index in [1.165, 1.54) is 24.4 Å². The van der Waals surface area contributed by atoms with Gasteiger partial charge in [-0.05, 0) is 24.3 Å². The van der Waals surface area contributed by atoms with Crippen molar-refractivity contribution in [3.63, 3.8) is 0 Å². The summed E-state index contributed by atoms with van der Waals surface area (Å²) in [4.78, 5) is 14.9. The quantitative estimate of drug-likeness (QED) is 0.721. The van der Waals surface area contributed by atoms with Gasteiger partial charge in [-0.1, -0.05) is 0 Å². The van der Waals surface area contributed by atoms with Crippen LogP contribution in [0.5, 0.6) is 5.75 Å². The maximum absolute atomic E-state index is 12.3. The van der Waals surface area contributed by atoms with Crippen molar-refractivity contribution in [1.29, 1.82) is 0 Å². The van der Waals surface area contributed by atoms with Gasteiger partial charge in [0.2, 0.25) is 5.91 Å². The molecule has 0 unspecified atom stereocenters. The van der Waals surface area contributed by atoms with Crippen LogP contribution in [0, 0.1) is 0 Å². The zero-order chi connectivity index (χ0) is 15.0. The van der Waals surface area contributed by atoms with Crippen LogP contribution in [-0.4, -0.2) is 30.3 Å². The molecule has 3 N–H and O–H groups in total. The standard InChI is InChI=1S/C12H10N4O4S/c17-8-3-4-9(7-2-1-5-13-12(7)8)21(19,20)16-10-6-11(18)15-14-10/h1-5,17H,6H2,(H,14,16)(H,15,18). The van der Waals surface area contributed by atoms with Gasteiger partial charge in [-0.2, -0.15) is 8.42 Å². The maximum atomic E-state index is 12.3. The molecule has 1 amide bonds. The predicted molar refractivity (Wildman–Crippen MR) is 73.9 cm³/mol. The number of aromatic hydroxyl groups is 1. The van der Waals surface area contributed by atoms with Crippen molar-refractivity contribution < 1.29 is 18.3 Å². The molecule has 108 valence electrons. The van der Waals surface area contributed by atoms with Gasteiger partial charge in [0.05, 0.1) is 11.3 Å². The van der Waals surface area contributed by atoms with E-state index in [0.717, 1.165) is 0 Å². The normalized spacial score (nSPS) is 17.0. The highest BCUT2D eigenvalue weighted by Gasteiger charge is 2.23. The van der Waals surface area contributed by atoms with Crippen LogP contribution in [0.15, 0.2) is 39.8 Å². The molecule has 0 radical (unpaired) electrons. The summed E-state index contributed by atoms with van der Waals surface area (Å²) in [5.74, 6) is -0.459. The molecule has 0 saturated carbocycles. The Labute approximate surface area is 119 Å². The fourth-order valence-electron chi connectivity index (χ4n) is 1.99. The van der Waals surface area contributed by atoms with Crippen LogP contribution in [-0.2, 0) is 14.8 Å². The van der Waals surface area contributed by atoms with Crippen molar-refractivity contribution in [3.05, 3.63) is 30.5 Å². The zero-order valence-corrected chi connectivity index (χ0v) is 11.4. The van der Waals surface area contributed by atoms with Gasteiger partial charge in [0.15, 0.2) is 0 Å². The Bertz CT molecular complexity index is 876. The molecule has 8 nitrogen and oxygen atoms in total. The van der Waals surface area contributed by atoms with Crippen molar-refractivity contribution in [1.82, 2.24) is 15.8 Å². The van der Waals surface area contributed by atoms with Gasteiger partial charge in [0.25, 0.3) is 10.0 Å². The van der Waals surface area contributed by atoms with E-state index in [1.807, 2.05) is 0 Å². The Morgan fingerprint density at radius 2 is 2.05 bits per heavy atom. The van der Waals surface area contributed by atoms with Crippen LogP contribution in [0.3, 0.4) is 0 Å². The first-order valence-corrected chi connectivity index (χ1v) is 7.37. The number of rotatable bonds is 2. The lowest BCUT2D eigenvalue weighted by Gasteiger charge is -2.06. The number of hydrazine groups is 1. The molecule has 0 spiro atoms. The fraction of sp³-hybridized carbons (Fsp3) is 0.0833. The molecule has 0 aliphatic carbocycles. The first-order chi connectivity index (χ1) is 9.97. The van der Waals surface area contributed by atoms with Crippen LogP contribution in [0.2, 0.25) is 0 Å². The van der Waals surface area contributed by atoms with Crippen LogP contribution in [0.4, 0.5) is 0 Å². The second-order valence-corrected chi connectivity index (χ2v) is 5.92. The minimum absolute atomic E-state index is 0.0186. The maximum Gasteiger partial charge on any atom is 0.284 e. The lowest BCUT2D eigenvalue weighted by molar-refractivity contribution is -0.119. The van der Waals surface area contributed by atoms with E-state index in [9.17, 15) is 18.3 Å². The van der Waals surface area contributed by atoms with Crippen molar-refractivity contribution in [2.24, 2.45) is 4.40 Å². The minimum Gasteiger partial charge on any atom is -0.506 e. The number of hydrogen-bond acceptors (Lipinski definition) is 5. The number of hydrogen-bond donors (Lipinski definition) is 3. The number of pyridine rings is 1. The first kappa shape index (κ1) is 13.3. The van der Waals surface area contributed by atoms with Crippen LogP contribution in [0.25, 0.3) is 10.9 Å². The molecule has 3 rings (SSSR count). The van der Waals surface area contributed by atoms with Crippen molar-refractivity contribution in [2.75, 3.05) is 0 Å². The molecule has 2 heterocycles. The highest BCUT2D eigenvalue weighted by molar-refractivity contribution is 7.90. The molecule has 0 atom stereocenters. The van der Waals surface area contributed by atoms with E-state index in [1.54, 1.807) is 6.07 Å². The van der Waals surface area contributed by atoms with Gasteiger partial charge in [-0.25, -0.2) is 0 Å². The largest absolute Gasteiger partial charge is 0.506 e. The SMILES string of the molecule is O=C1CC(=NS(=O)(=O)c2ccc(O)c3ncccc23)NN1. The van der Waals surface area contributed by atoms with Gasteiger partial charge in [-0.15, -0.1) is 4.40 Å². The van der Waals surface area contributed by atoms with E-state index in [2.05, 4.69) is 20.2 Å². The number of phenols is 1. The van der Waals surface area contributed by atoms with Gasteiger partial charge < -0.3 is 5.11 Å². The Morgan fingerprint density at radius 3 is 2.76 bits per heavy atom. The van der Waals surface area contributed by atoms with Gasteiger partial charge in [0.1, 0.15) is 17.1 Å². The van der Waals surface area contributed by atoms with E-state index in [4.69, 9.17) is 0 Å². The van der Waals surface area contributed by atoms with Gasteiger partial charge in [-0.3, -0.25) is 20.6 Å². The molecule has 9 heteroatoms. The Kier molecular flexibility index (Phi) is 2.98. The third-order valence-electron chi connectivity index (χ3n) is 2.89. The van der Waals surface area contributed by atoms with E-state index in [-0.39, 0.29) is 39.7 Å². The number of sulfonamides is 1. The average Bonchev–Trinajstić information content (AvgIpc) is 2.83. The average molecular weight is 306 g/mol. The summed E-state index contributed by atoms with van der Waals surface area (Å²) in [5.41, 5.74) is 4.82. The van der Waals surface area contributed by atoms with Crippen LogP contribution in [0.1, 0.15) is 6.42 Å². The number of benzene rings is 1. The summed E-state index contributed by atoms with van der Waals surface area (Å²) in [7, 11) is -4.03. The molecule has 1 aliphatic rings. The summed E-state index contributed by atoms with van der Waals surface area (Å²) in [6.07, 6.45) is 1.32. The monoisotopic (exact) mass is 306 g/mol. The predicted octanol–water partition coefficient (Wildman–Crippen LogP) is 0.0521. The van der Waals surface area contributed by atoms with E-state index in [0.29, 0.717) is 0 Å². The lowest BCUT2D eigenvalue weighted by Crippen LogP contribution is -2.28. The molecule has 1 fully saturated rings. The smallest absolute Gasteiger partial charge is 0.284 e. The highest BCUT2D eigenvalue weighted by Crippen LogP contribution is 2.29. The second kappa shape index (κ2) is 4.70. The number of fused-ring (bicyclic) bond motifs is 1. The molecular formula is C12H10N4O4S. The lowest BCUT2D eigenvalue weighted by atomic mass is 10.2. The number of phenolic OH excluding ortho intramolecular Hbond substituents is 1. The summed E-state index contributed by atoms with van der Waals surface area (Å²) in [6.45, 7) is 0. The van der Waals surface area contributed by atoms with Crippen molar-refractivity contribution in [2.45, 2.75) is 11.3 Å². The van der Waals surface area contributed by atoms with Gasteiger partial charge >= 0.3 is 0 Å². The molecule has 2 aromatic rings. The van der Waals surface area contributed by atoms with Crippen molar-refractivity contribution in [3.8, 4) is 5.75 Å². The number of nitrogens with one attached hydrogen (secondary N) is 2. The number of amides is 1. The summed E-state index contributed by atoms with van der Waals surface area (Å²) in [6, 6.07) is 5.59. The number of amidine groups is 1. The van der Waals surface area contributed by atoms with E-state index < -0.39 is 10.0 Å². The Balaban J connectivity index is 2.16. The summed E-state index contributed by atoms with van der Waals surface area (Å²) >= 11 is 0. The fourth-order valence-corrected chi connectivity index (χ4v) is 3.17. The summed E-state index contributed by atoms with van der Waals surface area (Å²) < 4.78 is 28.3. The summed E-state index contributed by atoms with van der Waals surface area (Å²) in [5, 5.41) is 9.98. The molecule has 1 aromatic carbocycles. The highest BCUT2D eigenvalue weighted by atomic mass is 32.2. The topological polar surface area (TPSA) is 121 Å². The molecule has 0 bridgehead atoms. The number of carbonyl (C=O) groups is 1. The number of aromatic nitrogens is 1. The Hall–Kier alpha value is -2.68. The van der Waals surface area contributed by atoms with E-state index >= 15 is 0 Å². The number of carbonyl (C=O) groups excluding carboxylic acids is 1. The molecule has 1 saturated heterocycles. The second-order valence-electron chi connectivity index (χ2n) is 4.35. The molecule has 1 aliphatic heterocycles. The van der Waals surface area contributed by atoms with Crippen molar-refractivity contribution >= 4 is 32.7 Å². The third-order valence-corrected chi connectivity index (χ3v) is 4.26. The first-order valence-electron chi connectivity index (χ1n) is 5.93. The molecular weight excluding hydrogens is 296 g/mol. The van der Waals surface area contributed by atoms with Crippen LogP contribution < -0.4 is 10.9 Å². The molecule has 1 aromatic heterocycles. The third kappa shape index (κ3) is 2.38. The number of nitrogens with zero attached hydrogens (tertiary/aromatic N) is 2. The Morgan fingerprint density at radius 1 is 1.24 bits per heavy atom. The van der Waals surface area contributed by atoms with Gasteiger partial charge in [0, 0.05) is 11.6 Å².